The van der Waals surface area contributed by atoms with Gasteiger partial charge in [0.15, 0.2) is 0 Å². The summed E-state index contributed by atoms with van der Waals surface area (Å²) in [6, 6.07) is 1.93. The number of hydrogen-bond acceptors (Lipinski definition) is 3. The molecule has 4 heteroatoms. The molecule has 2 heterocycles. The Labute approximate surface area is 88.4 Å². The smallest absolute Gasteiger partial charge is 0.233 e. The zero-order valence-electron chi connectivity index (χ0n) is 8.56. The number of rotatable bonds is 4. The summed E-state index contributed by atoms with van der Waals surface area (Å²) in [5, 5.41) is 3.45. The molecule has 2 aromatic rings. The van der Waals surface area contributed by atoms with E-state index in [1.165, 1.54) is 18.5 Å². The molecule has 2 aromatic heterocycles. The molecule has 1 aliphatic carbocycles. The van der Waals surface area contributed by atoms with Crippen molar-refractivity contribution in [3.05, 3.63) is 30.4 Å². The Bertz CT molecular complexity index is 458. The van der Waals surface area contributed by atoms with Gasteiger partial charge >= 0.3 is 0 Å². The third-order valence-electron chi connectivity index (χ3n) is 2.80. The molecule has 1 N–H and O–H groups in total. The molecule has 0 spiro atoms. The maximum Gasteiger partial charge on any atom is 0.233 e. The SMILES string of the molecule is c1cnc2ncc(CNCC3CC3)n2c1. The average molecular weight is 202 g/mol. The molecule has 0 saturated heterocycles. The highest BCUT2D eigenvalue weighted by Gasteiger charge is 2.20. The minimum atomic E-state index is 0.778. The molecule has 15 heavy (non-hydrogen) atoms. The molecule has 0 unspecified atom stereocenters. The van der Waals surface area contributed by atoms with Gasteiger partial charge in [0.05, 0.1) is 11.9 Å². The van der Waals surface area contributed by atoms with E-state index in [1.54, 1.807) is 6.20 Å². The van der Waals surface area contributed by atoms with Crippen molar-refractivity contribution in [3.8, 4) is 0 Å². The Hall–Kier alpha value is -1.42. The van der Waals surface area contributed by atoms with Crippen LogP contribution in [-0.4, -0.2) is 20.9 Å². The van der Waals surface area contributed by atoms with Gasteiger partial charge in [-0.2, -0.15) is 0 Å². The predicted octanol–water partition coefficient (Wildman–Crippen LogP) is 1.23. The third-order valence-corrected chi connectivity index (χ3v) is 2.80. The second-order valence-corrected chi connectivity index (χ2v) is 4.11. The normalized spacial score (nSPS) is 16.0. The summed E-state index contributed by atoms with van der Waals surface area (Å²) in [6.45, 7) is 2.01. The van der Waals surface area contributed by atoms with Crippen LogP contribution in [-0.2, 0) is 6.54 Å². The topological polar surface area (TPSA) is 42.2 Å². The van der Waals surface area contributed by atoms with Crippen molar-refractivity contribution < 1.29 is 0 Å². The fourth-order valence-corrected chi connectivity index (χ4v) is 1.73. The molecule has 0 radical (unpaired) electrons. The lowest BCUT2D eigenvalue weighted by molar-refractivity contribution is 0.627. The first-order valence-electron chi connectivity index (χ1n) is 5.41. The van der Waals surface area contributed by atoms with Crippen molar-refractivity contribution in [2.24, 2.45) is 5.92 Å². The Morgan fingerprint density at radius 1 is 1.40 bits per heavy atom. The Morgan fingerprint density at radius 2 is 2.33 bits per heavy atom. The molecule has 78 valence electrons. The highest BCUT2D eigenvalue weighted by Crippen LogP contribution is 2.27. The zero-order chi connectivity index (χ0) is 10.1. The zero-order valence-corrected chi connectivity index (χ0v) is 8.56. The van der Waals surface area contributed by atoms with Crippen LogP contribution in [0.15, 0.2) is 24.7 Å². The number of nitrogens with zero attached hydrogens (tertiary/aromatic N) is 3. The standard InChI is InChI=1S/C11H14N4/c1-4-13-11-14-8-10(15(11)5-1)7-12-6-9-2-3-9/h1,4-5,8-9,12H,2-3,6-7H2. The van der Waals surface area contributed by atoms with Crippen LogP contribution < -0.4 is 5.32 Å². The van der Waals surface area contributed by atoms with Gasteiger partial charge in [0, 0.05) is 18.9 Å². The lowest BCUT2D eigenvalue weighted by atomic mass is 10.4. The summed E-state index contributed by atoms with van der Waals surface area (Å²) in [5.74, 6) is 1.70. The Morgan fingerprint density at radius 3 is 3.20 bits per heavy atom. The fourth-order valence-electron chi connectivity index (χ4n) is 1.73. The lowest BCUT2D eigenvalue weighted by Crippen LogP contribution is -2.17. The molecule has 0 aliphatic heterocycles. The van der Waals surface area contributed by atoms with Crippen LogP contribution in [0.4, 0.5) is 0 Å². The van der Waals surface area contributed by atoms with Gasteiger partial charge in [-0.15, -0.1) is 0 Å². The Balaban J connectivity index is 1.72. The summed E-state index contributed by atoms with van der Waals surface area (Å²) in [6.07, 6.45) is 8.44. The quantitative estimate of drug-likeness (QED) is 0.810. The van der Waals surface area contributed by atoms with Crippen LogP contribution in [0.1, 0.15) is 18.5 Å². The van der Waals surface area contributed by atoms with Gasteiger partial charge in [-0.25, -0.2) is 9.97 Å². The summed E-state index contributed by atoms with van der Waals surface area (Å²) >= 11 is 0. The van der Waals surface area contributed by atoms with E-state index in [0.29, 0.717) is 0 Å². The van der Waals surface area contributed by atoms with E-state index in [0.717, 1.165) is 24.8 Å². The molecule has 1 saturated carbocycles. The average Bonchev–Trinajstić information content (AvgIpc) is 3.00. The Kier molecular flexibility index (Phi) is 2.14. The van der Waals surface area contributed by atoms with E-state index in [-0.39, 0.29) is 0 Å². The number of nitrogens with one attached hydrogen (secondary N) is 1. The van der Waals surface area contributed by atoms with Gasteiger partial charge < -0.3 is 5.32 Å². The maximum atomic E-state index is 4.24. The second kappa shape index (κ2) is 3.62. The summed E-state index contributed by atoms with van der Waals surface area (Å²) in [4.78, 5) is 8.43. The monoisotopic (exact) mass is 202 g/mol. The summed E-state index contributed by atoms with van der Waals surface area (Å²) in [7, 11) is 0. The predicted molar refractivity (Wildman–Crippen MR) is 57.4 cm³/mol. The fraction of sp³-hybridized carbons (Fsp3) is 0.455. The minimum Gasteiger partial charge on any atom is -0.311 e. The van der Waals surface area contributed by atoms with Gasteiger partial charge in [-0.05, 0) is 31.4 Å². The van der Waals surface area contributed by atoms with Crippen molar-refractivity contribution in [1.29, 1.82) is 0 Å². The highest BCUT2D eigenvalue weighted by molar-refractivity contribution is 5.30. The first kappa shape index (κ1) is 8.85. The minimum absolute atomic E-state index is 0.778. The van der Waals surface area contributed by atoms with E-state index >= 15 is 0 Å². The largest absolute Gasteiger partial charge is 0.311 e. The first-order chi connectivity index (χ1) is 7.43. The van der Waals surface area contributed by atoms with E-state index in [1.807, 2.05) is 22.9 Å². The van der Waals surface area contributed by atoms with Crippen LogP contribution in [0.5, 0.6) is 0 Å². The van der Waals surface area contributed by atoms with Crippen molar-refractivity contribution in [2.75, 3.05) is 6.54 Å². The second-order valence-electron chi connectivity index (χ2n) is 4.11. The van der Waals surface area contributed by atoms with Crippen LogP contribution in [0.2, 0.25) is 0 Å². The molecule has 0 atom stereocenters. The highest BCUT2D eigenvalue weighted by atomic mass is 15.1. The van der Waals surface area contributed by atoms with Crippen LogP contribution in [0.25, 0.3) is 5.78 Å². The van der Waals surface area contributed by atoms with Crippen molar-refractivity contribution in [2.45, 2.75) is 19.4 Å². The van der Waals surface area contributed by atoms with Crippen molar-refractivity contribution >= 4 is 5.78 Å². The molecule has 1 aliphatic rings. The molecule has 1 fully saturated rings. The molecule has 0 aromatic carbocycles. The summed E-state index contributed by atoms with van der Waals surface area (Å²) in [5.41, 5.74) is 1.18. The van der Waals surface area contributed by atoms with Gasteiger partial charge in [0.25, 0.3) is 0 Å². The van der Waals surface area contributed by atoms with E-state index in [9.17, 15) is 0 Å². The van der Waals surface area contributed by atoms with Crippen molar-refractivity contribution in [3.63, 3.8) is 0 Å². The number of fused-ring (bicyclic) bond motifs is 1. The van der Waals surface area contributed by atoms with Gasteiger partial charge in [0.2, 0.25) is 5.78 Å². The van der Waals surface area contributed by atoms with Crippen LogP contribution >= 0.6 is 0 Å². The van der Waals surface area contributed by atoms with E-state index in [4.69, 9.17) is 0 Å². The lowest BCUT2D eigenvalue weighted by Gasteiger charge is -2.02. The summed E-state index contributed by atoms with van der Waals surface area (Å²) < 4.78 is 2.03. The third kappa shape index (κ3) is 1.85. The molecular formula is C11H14N4. The van der Waals surface area contributed by atoms with E-state index in [2.05, 4.69) is 15.3 Å². The molecule has 0 amide bonds. The maximum absolute atomic E-state index is 4.24. The van der Waals surface area contributed by atoms with Crippen molar-refractivity contribution in [1.82, 2.24) is 19.7 Å². The number of aromatic nitrogens is 3. The van der Waals surface area contributed by atoms with Gasteiger partial charge in [0.1, 0.15) is 0 Å². The first-order valence-corrected chi connectivity index (χ1v) is 5.41. The van der Waals surface area contributed by atoms with Crippen LogP contribution in [0, 0.1) is 5.92 Å². The molecule has 3 rings (SSSR count). The molecular weight excluding hydrogens is 188 g/mol. The molecule has 0 bridgehead atoms. The van der Waals surface area contributed by atoms with Crippen LogP contribution in [0.3, 0.4) is 0 Å². The number of hydrogen-bond donors (Lipinski definition) is 1. The number of imidazole rings is 1. The van der Waals surface area contributed by atoms with Gasteiger partial charge in [-0.1, -0.05) is 0 Å². The molecule has 4 nitrogen and oxygen atoms in total. The van der Waals surface area contributed by atoms with E-state index < -0.39 is 0 Å². The van der Waals surface area contributed by atoms with Gasteiger partial charge in [-0.3, -0.25) is 4.40 Å².